The number of carbonyl (C=O) groups excluding carboxylic acids is 8. The normalized spacial score (nSPS) is 33.5. The van der Waals surface area contributed by atoms with E-state index < -0.39 is 272 Å². The zero-order valence-corrected chi connectivity index (χ0v) is 73.1. The lowest BCUT2D eigenvalue weighted by Crippen LogP contribution is -2.64. The van der Waals surface area contributed by atoms with Crippen LogP contribution in [0.25, 0.3) is 0 Å². The van der Waals surface area contributed by atoms with Gasteiger partial charge in [0, 0.05) is 48.3 Å². The third-order valence-corrected chi connectivity index (χ3v) is 27.0. The minimum absolute atomic E-state index is 0.167. The summed E-state index contributed by atoms with van der Waals surface area (Å²) in [5.74, 6) is -16.0. The molecular formula is C82H113F15O26Si. The maximum absolute atomic E-state index is 13.3. The number of carbonyl (C=O) groups is 8. The van der Waals surface area contributed by atoms with Crippen molar-refractivity contribution in [2.75, 3.05) is 19.4 Å². The number of hydrogen-bond acceptors (Lipinski definition) is 26. The molecule has 7 saturated heterocycles. The summed E-state index contributed by atoms with van der Waals surface area (Å²) in [5.41, 5.74) is -10.4. The van der Waals surface area contributed by atoms with Gasteiger partial charge in [0.15, 0.2) is 60.8 Å². The fourth-order valence-corrected chi connectivity index (χ4v) is 17.0. The molecule has 2 bridgehead atoms. The molecule has 0 radical (unpaired) electrons. The molecule has 4 aliphatic carbocycles. The second-order valence-electron chi connectivity index (χ2n) is 37.9. The summed E-state index contributed by atoms with van der Waals surface area (Å²) >= 11 is 0. The molecule has 26 nitrogen and oxygen atoms in total. The van der Waals surface area contributed by atoms with E-state index in [2.05, 4.69) is 29.1 Å². The minimum Gasteiger partial charge on any atom is -0.462 e. The SMILES string of the molecule is CCC(C)(C)C(=O)OC1C(=O)OC2C3OC(C)(c4ccc(COC[Si](C)(C)C)cc4)OC3OC12.CCC(C)(C)C(=O)OC1C2CC3C1OC(=O)C3C2C(=O)OCC(F)(F)F.CCC(C)(C)C(=O)OC1CC(C(C)(O)C(F)(F)F)CC(C(O)(C(F)(F)F)C(F)(F)F)C1.CCC(C)(C)C(=O)O[C@@H]1CO[C@@H]2[C@H]3OC4(CCC(C(=O)OC(C)C(F)(F)F)CC4)O[C@H]3O[C@@H]21. The van der Waals surface area contributed by atoms with Gasteiger partial charge in [-0.15, -0.1) is 0 Å². The smallest absolute Gasteiger partial charge is 0.426 e. The van der Waals surface area contributed by atoms with Crippen molar-refractivity contribution >= 4 is 55.8 Å². The van der Waals surface area contributed by atoms with Gasteiger partial charge in [-0.2, -0.15) is 65.9 Å². The van der Waals surface area contributed by atoms with Crippen molar-refractivity contribution < 1.29 is 190 Å². The molecule has 12 rings (SSSR count). The number of halogens is 15. The van der Waals surface area contributed by atoms with Crippen LogP contribution in [-0.2, 0) is 127 Å². The van der Waals surface area contributed by atoms with Crippen molar-refractivity contribution in [2.45, 2.75) is 347 Å². The van der Waals surface area contributed by atoms with Gasteiger partial charge < -0.3 is 86.0 Å². The van der Waals surface area contributed by atoms with Crippen LogP contribution in [0.3, 0.4) is 0 Å². The Hall–Kier alpha value is -6.25. The highest BCUT2D eigenvalue weighted by atomic mass is 28.3. The molecule has 1 aromatic rings. The summed E-state index contributed by atoms with van der Waals surface area (Å²) in [5, 5.41) is 19.6. The van der Waals surface area contributed by atoms with Crippen LogP contribution in [0, 0.1) is 63.1 Å². The van der Waals surface area contributed by atoms with E-state index in [4.69, 9.17) is 66.3 Å². The summed E-state index contributed by atoms with van der Waals surface area (Å²) < 4.78 is 284. The Morgan fingerprint density at radius 2 is 1.05 bits per heavy atom. The van der Waals surface area contributed by atoms with Crippen molar-refractivity contribution in [3.05, 3.63) is 35.4 Å². The Balaban J connectivity index is 0.000000188. The molecule has 7 aliphatic heterocycles. The molecule has 42 heteroatoms. The van der Waals surface area contributed by atoms with Crippen LogP contribution in [-0.4, -0.2) is 219 Å². The second kappa shape index (κ2) is 36.6. The van der Waals surface area contributed by atoms with E-state index in [0.29, 0.717) is 45.1 Å². The maximum Gasteiger partial charge on any atom is 0.426 e. The van der Waals surface area contributed by atoms with E-state index in [1.807, 2.05) is 65.8 Å². The Morgan fingerprint density at radius 3 is 1.56 bits per heavy atom. The van der Waals surface area contributed by atoms with Crippen LogP contribution in [0.2, 0.25) is 19.6 Å². The molecule has 22 atom stereocenters. The lowest BCUT2D eigenvalue weighted by atomic mass is 9.66. The number of hydrogen-bond donors (Lipinski definition) is 2. The monoisotopic (exact) mass is 1830 g/mol. The zero-order chi connectivity index (χ0) is 93.4. The second-order valence-corrected chi connectivity index (χ2v) is 43.3. The highest BCUT2D eigenvalue weighted by Gasteiger charge is 2.76. The fourth-order valence-electron chi connectivity index (χ4n) is 16.3. The van der Waals surface area contributed by atoms with Crippen molar-refractivity contribution in [3.8, 4) is 0 Å². The van der Waals surface area contributed by atoms with Gasteiger partial charge in [-0.3, -0.25) is 33.6 Å². The molecule has 4 saturated carbocycles. The number of benzene rings is 1. The first-order valence-corrected chi connectivity index (χ1v) is 45.1. The van der Waals surface area contributed by atoms with Crippen LogP contribution in [0.4, 0.5) is 65.9 Å². The fraction of sp³-hybridized carbons (Fsp3) is 0.829. The average Bonchev–Trinajstić information content (AvgIpc) is 1.53. The van der Waals surface area contributed by atoms with E-state index >= 15 is 0 Å². The van der Waals surface area contributed by atoms with Crippen molar-refractivity contribution in [1.29, 1.82) is 0 Å². The zero-order valence-electron chi connectivity index (χ0n) is 72.1. The molecule has 706 valence electrons. The molecule has 2 N–H and O–H groups in total. The van der Waals surface area contributed by atoms with Crippen LogP contribution < -0.4 is 0 Å². The predicted molar refractivity (Wildman–Crippen MR) is 398 cm³/mol. The number of rotatable bonds is 23. The molecule has 11 fully saturated rings. The van der Waals surface area contributed by atoms with Gasteiger partial charge in [-0.25, -0.2) is 4.79 Å². The highest BCUT2D eigenvalue weighted by Crippen LogP contribution is 2.61. The van der Waals surface area contributed by atoms with Crippen molar-refractivity contribution in [1.82, 2.24) is 0 Å². The third-order valence-electron chi connectivity index (χ3n) is 26.0. The number of fused-ring (bicyclic) bond motifs is 7. The van der Waals surface area contributed by atoms with Crippen LogP contribution in [0.15, 0.2) is 24.3 Å². The molecule has 1 aromatic carbocycles. The standard InChI is InChI=1S/C25H36O8Si.C22H31F3O8.C18H25F9O4.C17H21F3O6/c1-8-24(2,3)23(27)31-19-17-18(29-21(19)26)20-22(30-17)33-25(4,32-20)16-11-9-15(10-12-16)13-28-14-34(5,6)7;1-5-20(3,4)19(27)30-13-10-28-15-14(13)31-18-16(15)32-21(33-18)8-6-12(7-9-21)17(26)29-11(2)22(23,24)25;1-5-13(2,3)12(28)31-11-7-9(14(4,29)16(19,20)21)6-10(8-11)15(30,17(22,23)24)18(25,26)27;1-4-16(2,3)15(23)26-12-7-5-8-10(14(22)25-11(8)12)9(7)13(21)24-6-17(18,19)20/h9-12,17-20,22H,8,13-14H2,1-7H3;11-16,18H,5-10H2,1-4H3;9-11,29-30H,5-8H2,1-4H3;7-12H,4-6H2,1-3H3/t;11?,12?,13-,14-,15+,16-,18-,21?;;/m.1../s1. The van der Waals surface area contributed by atoms with Gasteiger partial charge in [-0.1, -0.05) is 71.6 Å². The number of alkyl halides is 15. The van der Waals surface area contributed by atoms with E-state index in [-0.39, 0.29) is 44.7 Å². The summed E-state index contributed by atoms with van der Waals surface area (Å²) in [6, 6.07) is 7.89. The first kappa shape index (κ1) is 101. The van der Waals surface area contributed by atoms with Crippen LogP contribution in [0.5, 0.6) is 0 Å². The number of esters is 8. The largest absolute Gasteiger partial charge is 0.462 e. The van der Waals surface area contributed by atoms with Crippen molar-refractivity contribution in [3.63, 3.8) is 0 Å². The first-order valence-electron chi connectivity index (χ1n) is 41.4. The van der Waals surface area contributed by atoms with Crippen LogP contribution >= 0.6 is 0 Å². The molecule has 11 aliphatic rings. The highest BCUT2D eigenvalue weighted by molar-refractivity contribution is 6.76. The molecule has 0 aromatic heterocycles. The Bertz CT molecular complexity index is 3950. The van der Waals surface area contributed by atoms with Gasteiger partial charge in [0.25, 0.3) is 5.60 Å². The Kier molecular flexibility index (Phi) is 30.0. The van der Waals surface area contributed by atoms with E-state index in [1.165, 1.54) is 13.8 Å². The number of aliphatic hydroxyl groups is 2. The molecule has 7 heterocycles. The maximum atomic E-state index is 13.3. The first-order chi connectivity index (χ1) is 56.7. The van der Waals surface area contributed by atoms with Gasteiger partial charge >= 0.3 is 78.6 Å². The predicted octanol–water partition coefficient (Wildman–Crippen LogP) is 14.1. The number of ether oxygens (including phenoxy) is 16. The summed E-state index contributed by atoms with van der Waals surface area (Å²) in [6.45, 7) is 29.3. The third kappa shape index (κ3) is 21.7. The molecule has 124 heavy (non-hydrogen) atoms. The van der Waals surface area contributed by atoms with Gasteiger partial charge in [0.05, 0.1) is 60.7 Å². The van der Waals surface area contributed by atoms with E-state index in [1.54, 1.807) is 34.6 Å². The average molecular weight is 1830 g/mol. The Morgan fingerprint density at radius 1 is 0.548 bits per heavy atom. The summed E-state index contributed by atoms with van der Waals surface area (Å²) in [6.07, 6.45) is -38.4. The van der Waals surface area contributed by atoms with E-state index in [0.717, 1.165) is 24.3 Å². The van der Waals surface area contributed by atoms with Gasteiger partial charge in [-0.05, 0) is 146 Å². The lowest BCUT2D eigenvalue weighted by Gasteiger charge is -2.47. The van der Waals surface area contributed by atoms with Crippen LogP contribution in [0.1, 0.15) is 192 Å². The molecule has 1 spiro atoms. The van der Waals surface area contributed by atoms with Gasteiger partial charge in [0.2, 0.25) is 6.10 Å². The van der Waals surface area contributed by atoms with Gasteiger partial charge in [0.1, 0.15) is 42.7 Å². The molecular weight excluding hydrogens is 1710 g/mol. The summed E-state index contributed by atoms with van der Waals surface area (Å²) in [4.78, 5) is 98.5. The molecule has 17 unspecified atom stereocenters. The topological polar surface area (TPSA) is 325 Å². The minimum atomic E-state index is -6.28. The summed E-state index contributed by atoms with van der Waals surface area (Å²) in [7, 11) is -1.25. The molecule has 0 amide bonds. The lowest BCUT2D eigenvalue weighted by molar-refractivity contribution is -0.391. The van der Waals surface area contributed by atoms with E-state index in [9.17, 15) is 114 Å². The Labute approximate surface area is 708 Å². The van der Waals surface area contributed by atoms with Crippen molar-refractivity contribution in [2.24, 2.45) is 63.1 Å². The quantitative estimate of drug-likeness (QED) is 0.0445.